The van der Waals surface area contributed by atoms with Crippen molar-refractivity contribution in [2.75, 3.05) is 11.9 Å². The summed E-state index contributed by atoms with van der Waals surface area (Å²) < 4.78 is 0. The summed E-state index contributed by atoms with van der Waals surface area (Å²) in [6, 6.07) is 2.03. The maximum Gasteiger partial charge on any atom is 0.229 e. The van der Waals surface area contributed by atoms with Crippen LogP contribution in [0, 0.1) is 5.92 Å². The summed E-state index contributed by atoms with van der Waals surface area (Å²) in [7, 11) is 0. The molecule has 5 nitrogen and oxygen atoms in total. The molecule has 2 heterocycles. The van der Waals surface area contributed by atoms with Crippen molar-refractivity contribution >= 4 is 22.4 Å². The number of aromatic nitrogens is 3. The molecule has 1 aliphatic carbocycles. The highest BCUT2D eigenvalue weighted by Gasteiger charge is 2.22. The zero-order valence-electron chi connectivity index (χ0n) is 11.3. The van der Waals surface area contributed by atoms with Gasteiger partial charge in [0.1, 0.15) is 0 Å². The van der Waals surface area contributed by atoms with Gasteiger partial charge in [-0.1, -0.05) is 0 Å². The normalized spacial score (nSPS) is 22.6. The van der Waals surface area contributed by atoms with Crippen LogP contribution in [0.1, 0.15) is 37.3 Å². The molecule has 1 aliphatic rings. The van der Waals surface area contributed by atoms with Crippen LogP contribution in [-0.4, -0.2) is 21.5 Å². The summed E-state index contributed by atoms with van der Waals surface area (Å²) in [5.41, 5.74) is 6.88. The van der Waals surface area contributed by atoms with Crippen LogP contribution in [0.4, 0.5) is 11.1 Å². The highest BCUT2D eigenvalue weighted by molar-refractivity contribution is 7.13. The Kier molecular flexibility index (Phi) is 4.22. The smallest absolute Gasteiger partial charge is 0.229 e. The first-order chi connectivity index (χ1) is 9.85. The third-order valence-corrected chi connectivity index (χ3v) is 4.62. The molecule has 0 bridgehead atoms. The van der Waals surface area contributed by atoms with E-state index in [0.717, 1.165) is 17.4 Å². The highest BCUT2D eigenvalue weighted by Crippen LogP contribution is 2.34. The molecule has 0 amide bonds. The molecule has 0 aromatic carbocycles. The van der Waals surface area contributed by atoms with Crippen molar-refractivity contribution in [1.29, 1.82) is 0 Å². The van der Waals surface area contributed by atoms with Crippen molar-refractivity contribution in [1.82, 2.24) is 15.0 Å². The molecule has 0 radical (unpaired) electrons. The molecule has 0 aliphatic heterocycles. The van der Waals surface area contributed by atoms with E-state index in [1.54, 1.807) is 17.5 Å². The minimum atomic E-state index is 0.539. The van der Waals surface area contributed by atoms with Crippen molar-refractivity contribution in [2.24, 2.45) is 11.7 Å². The van der Waals surface area contributed by atoms with Gasteiger partial charge in [-0.2, -0.15) is 0 Å². The second kappa shape index (κ2) is 6.28. The molecule has 0 unspecified atom stereocenters. The van der Waals surface area contributed by atoms with E-state index in [9.17, 15) is 0 Å². The first kappa shape index (κ1) is 13.5. The van der Waals surface area contributed by atoms with Crippen molar-refractivity contribution in [3.05, 3.63) is 29.5 Å². The van der Waals surface area contributed by atoms with Crippen LogP contribution in [0.3, 0.4) is 0 Å². The van der Waals surface area contributed by atoms with E-state index in [4.69, 9.17) is 5.73 Å². The molecule has 3 N–H and O–H groups in total. The summed E-state index contributed by atoms with van der Waals surface area (Å²) in [6.07, 6.45) is 8.37. The number of hydrogen-bond acceptors (Lipinski definition) is 6. The predicted molar refractivity (Wildman–Crippen MR) is 81.2 cm³/mol. The minimum absolute atomic E-state index is 0.539. The van der Waals surface area contributed by atoms with Crippen LogP contribution < -0.4 is 11.1 Å². The van der Waals surface area contributed by atoms with Crippen molar-refractivity contribution in [3.8, 4) is 0 Å². The second-order valence-electron chi connectivity index (χ2n) is 5.22. The monoisotopic (exact) mass is 289 g/mol. The molecular weight excluding hydrogens is 270 g/mol. The van der Waals surface area contributed by atoms with Gasteiger partial charge in [-0.15, -0.1) is 11.3 Å². The van der Waals surface area contributed by atoms with Crippen LogP contribution in [0.5, 0.6) is 0 Å². The van der Waals surface area contributed by atoms with Gasteiger partial charge in [-0.05, 0) is 44.2 Å². The fourth-order valence-electron chi connectivity index (χ4n) is 2.73. The fourth-order valence-corrected chi connectivity index (χ4v) is 3.26. The van der Waals surface area contributed by atoms with Gasteiger partial charge in [0, 0.05) is 29.4 Å². The fraction of sp³-hybridized carbons (Fsp3) is 0.500. The lowest BCUT2D eigenvalue weighted by atomic mass is 9.80. The van der Waals surface area contributed by atoms with E-state index in [1.165, 1.54) is 25.7 Å². The first-order valence-electron chi connectivity index (χ1n) is 7.04. The molecule has 1 saturated carbocycles. The zero-order chi connectivity index (χ0) is 13.8. The van der Waals surface area contributed by atoms with E-state index >= 15 is 0 Å². The van der Waals surface area contributed by atoms with Crippen molar-refractivity contribution < 1.29 is 0 Å². The number of hydrogen-bond donors (Lipinski definition) is 2. The van der Waals surface area contributed by atoms with E-state index in [-0.39, 0.29) is 0 Å². The third-order valence-electron chi connectivity index (χ3n) is 3.93. The number of anilines is 2. The standard InChI is InChI=1S/C14H19N5S/c15-9-10-1-3-11(4-2-10)12-5-6-16-13(18-12)19-14-17-7-8-20-14/h5-8,10-11H,1-4,9,15H2,(H,16,17,18,19). The van der Waals surface area contributed by atoms with Crippen LogP contribution in [-0.2, 0) is 0 Å². The molecule has 106 valence electrons. The van der Waals surface area contributed by atoms with E-state index in [1.807, 2.05) is 17.6 Å². The van der Waals surface area contributed by atoms with E-state index < -0.39 is 0 Å². The molecule has 20 heavy (non-hydrogen) atoms. The van der Waals surface area contributed by atoms with Crippen LogP contribution in [0.25, 0.3) is 0 Å². The quantitative estimate of drug-likeness (QED) is 0.905. The maximum atomic E-state index is 5.75. The zero-order valence-corrected chi connectivity index (χ0v) is 12.1. The van der Waals surface area contributed by atoms with Crippen LogP contribution in [0.2, 0.25) is 0 Å². The maximum absolute atomic E-state index is 5.75. The average Bonchev–Trinajstić information content (AvgIpc) is 3.01. The van der Waals surface area contributed by atoms with Gasteiger partial charge < -0.3 is 11.1 Å². The molecule has 1 fully saturated rings. The third kappa shape index (κ3) is 3.13. The van der Waals surface area contributed by atoms with Gasteiger partial charge in [-0.3, -0.25) is 0 Å². The van der Waals surface area contributed by atoms with Gasteiger partial charge in [0.15, 0.2) is 5.13 Å². The molecule has 6 heteroatoms. The predicted octanol–water partition coefficient (Wildman–Crippen LogP) is 2.91. The Bertz CT molecular complexity index is 534. The van der Waals surface area contributed by atoms with Crippen LogP contribution in [0.15, 0.2) is 23.8 Å². The van der Waals surface area contributed by atoms with Crippen molar-refractivity contribution in [2.45, 2.75) is 31.6 Å². The molecule has 0 spiro atoms. The molecule has 3 rings (SSSR count). The first-order valence-corrected chi connectivity index (χ1v) is 7.92. The lowest BCUT2D eigenvalue weighted by molar-refractivity contribution is 0.329. The Hall–Kier alpha value is -1.53. The Morgan fingerprint density at radius 3 is 2.75 bits per heavy atom. The number of nitrogens with one attached hydrogen (secondary N) is 1. The Balaban J connectivity index is 1.68. The lowest BCUT2D eigenvalue weighted by Gasteiger charge is -2.27. The Labute approximate surface area is 122 Å². The summed E-state index contributed by atoms with van der Waals surface area (Å²) in [5.74, 6) is 1.87. The molecular formula is C14H19N5S. The van der Waals surface area contributed by atoms with Crippen molar-refractivity contribution in [3.63, 3.8) is 0 Å². The van der Waals surface area contributed by atoms with Gasteiger partial charge >= 0.3 is 0 Å². The average molecular weight is 289 g/mol. The summed E-state index contributed by atoms with van der Waals surface area (Å²) in [4.78, 5) is 13.1. The highest BCUT2D eigenvalue weighted by atomic mass is 32.1. The summed E-state index contributed by atoms with van der Waals surface area (Å²) in [5, 5.41) is 5.91. The number of thiazole rings is 1. The van der Waals surface area contributed by atoms with Crippen LogP contribution >= 0.6 is 11.3 Å². The van der Waals surface area contributed by atoms with Gasteiger partial charge in [0.2, 0.25) is 5.95 Å². The SMILES string of the molecule is NCC1CCC(c2ccnc(Nc3nccs3)n2)CC1. The topological polar surface area (TPSA) is 76.7 Å². The van der Waals surface area contributed by atoms with E-state index in [2.05, 4.69) is 20.3 Å². The van der Waals surface area contributed by atoms with E-state index in [0.29, 0.717) is 17.8 Å². The lowest BCUT2D eigenvalue weighted by Crippen LogP contribution is -2.21. The summed E-state index contributed by atoms with van der Waals surface area (Å²) in [6.45, 7) is 0.813. The molecule has 2 aromatic heterocycles. The Morgan fingerprint density at radius 2 is 2.05 bits per heavy atom. The summed E-state index contributed by atoms with van der Waals surface area (Å²) >= 11 is 1.55. The largest absolute Gasteiger partial charge is 0.330 e. The van der Waals surface area contributed by atoms with Gasteiger partial charge in [0.05, 0.1) is 0 Å². The number of nitrogens with two attached hydrogens (primary N) is 1. The molecule has 2 aromatic rings. The Morgan fingerprint density at radius 1 is 1.20 bits per heavy atom. The molecule has 0 atom stereocenters. The second-order valence-corrected chi connectivity index (χ2v) is 6.12. The van der Waals surface area contributed by atoms with Gasteiger partial charge in [0.25, 0.3) is 0 Å². The minimum Gasteiger partial charge on any atom is -0.330 e. The molecule has 0 saturated heterocycles. The van der Waals surface area contributed by atoms with Gasteiger partial charge in [-0.25, -0.2) is 15.0 Å². The number of nitrogens with zero attached hydrogens (tertiary/aromatic N) is 3. The number of rotatable bonds is 4.